The molecule has 1 aliphatic rings. The Bertz CT molecular complexity index is 400. The van der Waals surface area contributed by atoms with Crippen LogP contribution in [0.25, 0.3) is 0 Å². The minimum atomic E-state index is 0.363. The molecule has 2 nitrogen and oxygen atoms in total. The van der Waals surface area contributed by atoms with Crippen LogP contribution in [0.4, 0.5) is 0 Å². The molecule has 1 aromatic rings. The first-order chi connectivity index (χ1) is 8.56. The van der Waals surface area contributed by atoms with Crippen molar-refractivity contribution in [2.45, 2.75) is 58.6 Å². The highest BCUT2D eigenvalue weighted by Gasteiger charge is 2.20. The van der Waals surface area contributed by atoms with E-state index in [-0.39, 0.29) is 0 Å². The lowest BCUT2D eigenvalue weighted by molar-refractivity contribution is 0.143. The second-order valence-electron chi connectivity index (χ2n) is 5.80. The van der Waals surface area contributed by atoms with Gasteiger partial charge in [0.15, 0.2) is 0 Å². The van der Waals surface area contributed by atoms with Crippen LogP contribution in [0.5, 0.6) is 5.75 Å². The molecule has 2 rings (SSSR count). The van der Waals surface area contributed by atoms with Gasteiger partial charge in [0.05, 0.1) is 0 Å². The minimum absolute atomic E-state index is 0.363. The fourth-order valence-electron chi connectivity index (χ4n) is 2.48. The molecular formula is C16H25NO. The first-order valence-electron chi connectivity index (χ1n) is 7.07. The second-order valence-corrected chi connectivity index (χ2v) is 5.80. The lowest BCUT2D eigenvalue weighted by atomic mass is 10.0. The molecule has 0 bridgehead atoms. The summed E-state index contributed by atoms with van der Waals surface area (Å²) in [6.45, 7) is 9.87. The molecule has 0 aromatic heterocycles. The second kappa shape index (κ2) is 5.75. The summed E-state index contributed by atoms with van der Waals surface area (Å²) in [4.78, 5) is 0. The Kier molecular flexibility index (Phi) is 4.28. The Hall–Kier alpha value is -1.02. The van der Waals surface area contributed by atoms with Gasteiger partial charge in [-0.1, -0.05) is 26.0 Å². The van der Waals surface area contributed by atoms with E-state index in [0.29, 0.717) is 18.1 Å². The molecule has 2 unspecified atom stereocenters. The van der Waals surface area contributed by atoms with Crippen LogP contribution in [0.15, 0.2) is 18.2 Å². The number of benzene rings is 1. The van der Waals surface area contributed by atoms with E-state index in [4.69, 9.17) is 4.74 Å². The van der Waals surface area contributed by atoms with Gasteiger partial charge >= 0.3 is 0 Å². The van der Waals surface area contributed by atoms with Gasteiger partial charge in [-0.2, -0.15) is 0 Å². The van der Waals surface area contributed by atoms with E-state index in [1.54, 1.807) is 0 Å². The fraction of sp³-hybridized carbons (Fsp3) is 0.625. The zero-order valence-electron chi connectivity index (χ0n) is 12.0. The van der Waals surface area contributed by atoms with Crippen molar-refractivity contribution in [3.8, 4) is 5.75 Å². The molecule has 0 saturated carbocycles. The van der Waals surface area contributed by atoms with Crippen molar-refractivity contribution in [3.63, 3.8) is 0 Å². The first-order valence-corrected chi connectivity index (χ1v) is 7.07. The van der Waals surface area contributed by atoms with Gasteiger partial charge < -0.3 is 10.1 Å². The molecule has 100 valence electrons. The smallest absolute Gasteiger partial charge is 0.122 e. The van der Waals surface area contributed by atoms with Crippen LogP contribution in [0.1, 0.15) is 50.7 Å². The van der Waals surface area contributed by atoms with Crippen LogP contribution in [0.2, 0.25) is 0 Å². The summed E-state index contributed by atoms with van der Waals surface area (Å²) < 4.78 is 6.21. The van der Waals surface area contributed by atoms with Gasteiger partial charge in [-0.15, -0.1) is 0 Å². The largest absolute Gasteiger partial charge is 0.490 e. The number of hydrogen-bond donors (Lipinski definition) is 1. The number of hydrogen-bond acceptors (Lipinski definition) is 2. The molecule has 0 amide bonds. The normalized spacial score (nSPS) is 24.3. The Morgan fingerprint density at radius 1 is 1.33 bits per heavy atom. The maximum atomic E-state index is 6.21. The van der Waals surface area contributed by atoms with Crippen LogP contribution in [-0.2, 0) is 0 Å². The molecular weight excluding hydrogens is 222 g/mol. The van der Waals surface area contributed by atoms with E-state index in [1.165, 1.54) is 11.1 Å². The first kappa shape index (κ1) is 13.4. The van der Waals surface area contributed by atoms with Crippen molar-refractivity contribution >= 4 is 0 Å². The van der Waals surface area contributed by atoms with E-state index in [9.17, 15) is 0 Å². The number of piperidine rings is 1. The van der Waals surface area contributed by atoms with Crippen molar-refractivity contribution in [1.82, 2.24) is 5.32 Å². The van der Waals surface area contributed by atoms with Crippen LogP contribution in [-0.4, -0.2) is 18.7 Å². The Morgan fingerprint density at radius 3 is 2.78 bits per heavy atom. The maximum absolute atomic E-state index is 6.21. The summed E-state index contributed by atoms with van der Waals surface area (Å²) in [5, 5.41) is 3.46. The highest BCUT2D eigenvalue weighted by atomic mass is 16.5. The summed E-state index contributed by atoms with van der Waals surface area (Å²) in [6, 6.07) is 7.16. The van der Waals surface area contributed by atoms with Gasteiger partial charge in [-0.25, -0.2) is 0 Å². The van der Waals surface area contributed by atoms with Crippen LogP contribution >= 0.6 is 0 Å². The Morgan fingerprint density at radius 2 is 2.11 bits per heavy atom. The standard InChI is InChI=1S/C16H25NO/c1-11(2)14-6-5-12(3)16(10-14)18-15-7-8-17-13(4)9-15/h5-6,10-11,13,15,17H,7-9H2,1-4H3. The topological polar surface area (TPSA) is 21.3 Å². The predicted octanol–water partition coefficient (Wildman–Crippen LogP) is 3.64. The van der Waals surface area contributed by atoms with Crippen LogP contribution in [0.3, 0.4) is 0 Å². The number of aryl methyl sites for hydroxylation is 1. The molecule has 2 heteroatoms. The van der Waals surface area contributed by atoms with Gasteiger partial charge in [-0.3, -0.25) is 0 Å². The zero-order valence-corrected chi connectivity index (χ0v) is 12.0. The highest BCUT2D eigenvalue weighted by molar-refractivity contribution is 5.38. The number of rotatable bonds is 3. The molecule has 18 heavy (non-hydrogen) atoms. The van der Waals surface area contributed by atoms with E-state index in [0.717, 1.165) is 25.1 Å². The molecule has 1 saturated heterocycles. The molecule has 0 spiro atoms. The Labute approximate surface area is 111 Å². The van der Waals surface area contributed by atoms with Gasteiger partial charge in [0.1, 0.15) is 11.9 Å². The fourth-order valence-corrected chi connectivity index (χ4v) is 2.48. The SMILES string of the molecule is Cc1ccc(C(C)C)cc1OC1CCNC(C)C1. The Balaban J connectivity index is 2.10. The van der Waals surface area contributed by atoms with Gasteiger partial charge in [0, 0.05) is 6.04 Å². The lowest BCUT2D eigenvalue weighted by Gasteiger charge is -2.29. The molecule has 2 atom stereocenters. The maximum Gasteiger partial charge on any atom is 0.122 e. The lowest BCUT2D eigenvalue weighted by Crippen LogP contribution is -2.40. The van der Waals surface area contributed by atoms with Crippen molar-refractivity contribution in [1.29, 1.82) is 0 Å². The number of nitrogens with one attached hydrogen (secondary N) is 1. The average Bonchev–Trinajstić information content (AvgIpc) is 2.31. The summed E-state index contributed by atoms with van der Waals surface area (Å²) in [6.07, 6.45) is 2.57. The van der Waals surface area contributed by atoms with E-state index in [2.05, 4.69) is 51.2 Å². The molecule has 1 heterocycles. The predicted molar refractivity (Wildman–Crippen MR) is 76.4 cm³/mol. The minimum Gasteiger partial charge on any atom is -0.490 e. The summed E-state index contributed by atoms with van der Waals surface area (Å²) in [5.41, 5.74) is 2.60. The summed E-state index contributed by atoms with van der Waals surface area (Å²) >= 11 is 0. The molecule has 1 N–H and O–H groups in total. The van der Waals surface area contributed by atoms with Crippen molar-refractivity contribution in [3.05, 3.63) is 29.3 Å². The average molecular weight is 247 g/mol. The molecule has 0 radical (unpaired) electrons. The third-order valence-electron chi connectivity index (χ3n) is 3.75. The van der Waals surface area contributed by atoms with Crippen LogP contribution in [0, 0.1) is 6.92 Å². The molecule has 0 aliphatic carbocycles. The monoisotopic (exact) mass is 247 g/mol. The van der Waals surface area contributed by atoms with Gasteiger partial charge in [0.25, 0.3) is 0 Å². The van der Waals surface area contributed by atoms with E-state index >= 15 is 0 Å². The summed E-state index contributed by atoms with van der Waals surface area (Å²) in [7, 11) is 0. The van der Waals surface area contributed by atoms with E-state index in [1.807, 2.05) is 0 Å². The third-order valence-corrected chi connectivity index (χ3v) is 3.75. The third kappa shape index (κ3) is 3.26. The van der Waals surface area contributed by atoms with E-state index < -0.39 is 0 Å². The zero-order chi connectivity index (χ0) is 13.1. The van der Waals surface area contributed by atoms with Crippen molar-refractivity contribution in [2.24, 2.45) is 0 Å². The highest BCUT2D eigenvalue weighted by Crippen LogP contribution is 2.27. The van der Waals surface area contributed by atoms with Crippen LogP contribution < -0.4 is 10.1 Å². The summed E-state index contributed by atoms with van der Waals surface area (Å²) in [5.74, 6) is 1.63. The quantitative estimate of drug-likeness (QED) is 0.880. The van der Waals surface area contributed by atoms with Gasteiger partial charge in [0.2, 0.25) is 0 Å². The van der Waals surface area contributed by atoms with Gasteiger partial charge in [-0.05, 0) is 56.3 Å². The van der Waals surface area contributed by atoms with Crippen molar-refractivity contribution < 1.29 is 4.74 Å². The molecule has 1 aliphatic heterocycles. The van der Waals surface area contributed by atoms with Crippen molar-refractivity contribution in [2.75, 3.05) is 6.54 Å². The number of ether oxygens (including phenoxy) is 1. The molecule has 1 aromatic carbocycles. The molecule has 1 fully saturated rings.